The zero-order chi connectivity index (χ0) is 21.1. The summed E-state index contributed by atoms with van der Waals surface area (Å²) in [6, 6.07) is 15.2. The van der Waals surface area contributed by atoms with Crippen LogP contribution in [0.1, 0.15) is 17.0 Å². The van der Waals surface area contributed by atoms with Gasteiger partial charge in [0.2, 0.25) is 0 Å². The molecule has 0 unspecified atom stereocenters. The average molecular weight is 473 g/mol. The van der Waals surface area contributed by atoms with Gasteiger partial charge in [-0.3, -0.25) is 4.79 Å². The Morgan fingerprint density at radius 1 is 1.21 bits per heavy atom. The first-order valence-corrected chi connectivity index (χ1v) is 9.80. The topological polar surface area (TPSA) is 57.8 Å². The van der Waals surface area contributed by atoms with E-state index in [1.165, 1.54) is 12.1 Å². The van der Waals surface area contributed by atoms with E-state index >= 15 is 0 Å². The molecule has 1 aromatic heterocycles. The smallest absolute Gasteiger partial charge is 0.266 e. The van der Waals surface area contributed by atoms with Crippen LogP contribution in [0.4, 0.5) is 10.1 Å². The molecule has 0 bridgehead atoms. The molecule has 0 atom stereocenters. The number of amides is 1. The van der Waals surface area contributed by atoms with Crippen LogP contribution in [-0.2, 0) is 4.79 Å². The van der Waals surface area contributed by atoms with Crippen LogP contribution in [0, 0.1) is 31.0 Å². The molecule has 0 aliphatic carbocycles. The number of benzene rings is 2. The summed E-state index contributed by atoms with van der Waals surface area (Å²) in [5.74, 6) is -0.910. The van der Waals surface area contributed by atoms with E-state index in [2.05, 4.69) is 21.2 Å². The summed E-state index contributed by atoms with van der Waals surface area (Å²) in [4.78, 5) is 12.5. The number of anilines is 1. The molecule has 7 heteroatoms. The van der Waals surface area contributed by atoms with Crippen molar-refractivity contribution >= 4 is 45.2 Å². The van der Waals surface area contributed by atoms with Crippen molar-refractivity contribution in [2.45, 2.75) is 13.8 Å². The van der Waals surface area contributed by atoms with Gasteiger partial charge in [-0.1, -0.05) is 27.5 Å². The number of hydrogen-bond acceptors (Lipinski definition) is 2. The SMILES string of the molecule is Cc1cc(/C=C(/C#N)C(=O)Nc2ccc(Cl)cc2)c(C)n1-c1ccc(Br)cc1F. The molecular weight excluding hydrogens is 457 g/mol. The second-order valence-corrected chi connectivity index (χ2v) is 7.74. The number of nitrogens with one attached hydrogen (secondary N) is 1. The Bertz CT molecular complexity index is 1160. The second-order valence-electron chi connectivity index (χ2n) is 6.39. The Labute approximate surface area is 181 Å². The van der Waals surface area contributed by atoms with Crippen LogP contribution in [0.2, 0.25) is 5.02 Å². The maximum absolute atomic E-state index is 14.4. The molecular formula is C22H16BrClFN3O. The molecule has 1 N–H and O–H groups in total. The highest BCUT2D eigenvalue weighted by Gasteiger charge is 2.16. The molecule has 0 radical (unpaired) electrons. The molecule has 0 saturated heterocycles. The molecule has 1 heterocycles. The largest absolute Gasteiger partial charge is 0.321 e. The van der Waals surface area contributed by atoms with Gasteiger partial charge in [0, 0.05) is 26.6 Å². The summed E-state index contributed by atoms with van der Waals surface area (Å²) < 4.78 is 16.8. The van der Waals surface area contributed by atoms with Crippen molar-refractivity contribution in [3.63, 3.8) is 0 Å². The van der Waals surface area contributed by atoms with Crippen molar-refractivity contribution in [3.8, 4) is 11.8 Å². The zero-order valence-corrected chi connectivity index (χ0v) is 18.0. The quantitative estimate of drug-likeness (QED) is 0.363. The molecule has 0 aliphatic rings. The number of nitriles is 1. The highest BCUT2D eigenvalue weighted by molar-refractivity contribution is 9.10. The fourth-order valence-corrected chi connectivity index (χ4v) is 3.46. The molecule has 1 amide bonds. The van der Waals surface area contributed by atoms with Gasteiger partial charge in [0.05, 0.1) is 5.69 Å². The van der Waals surface area contributed by atoms with E-state index in [1.54, 1.807) is 41.0 Å². The van der Waals surface area contributed by atoms with Gasteiger partial charge in [-0.2, -0.15) is 5.26 Å². The van der Waals surface area contributed by atoms with Crippen molar-refractivity contribution in [2.75, 3.05) is 5.32 Å². The number of hydrogen-bond donors (Lipinski definition) is 1. The molecule has 4 nitrogen and oxygen atoms in total. The first-order chi connectivity index (χ1) is 13.8. The van der Waals surface area contributed by atoms with E-state index in [9.17, 15) is 14.4 Å². The van der Waals surface area contributed by atoms with Gasteiger partial charge in [-0.05, 0) is 74.0 Å². The summed E-state index contributed by atoms with van der Waals surface area (Å²) in [6.45, 7) is 3.65. The van der Waals surface area contributed by atoms with Crippen LogP contribution in [0.5, 0.6) is 0 Å². The monoisotopic (exact) mass is 471 g/mol. The highest BCUT2D eigenvalue weighted by atomic mass is 79.9. The van der Waals surface area contributed by atoms with E-state index < -0.39 is 5.91 Å². The van der Waals surface area contributed by atoms with Gasteiger partial charge in [0.25, 0.3) is 5.91 Å². The molecule has 0 saturated carbocycles. The molecule has 0 aliphatic heterocycles. The van der Waals surface area contributed by atoms with E-state index in [0.717, 1.165) is 11.4 Å². The first kappa shape index (κ1) is 20.8. The third kappa shape index (κ3) is 4.58. The summed E-state index contributed by atoms with van der Waals surface area (Å²) >= 11 is 9.10. The van der Waals surface area contributed by atoms with Gasteiger partial charge in [0.15, 0.2) is 0 Å². The van der Waals surface area contributed by atoms with Gasteiger partial charge in [0.1, 0.15) is 17.5 Å². The molecule has 3 rings (SSSR count). The van der Waals surface area contributed by atoms with Gasteiger partial charge in [-0.25, -0.2) is 4.39 Å². The molecule has 29 heavy (non-hydrogen) atoms. The maximum atomic E-state index is 14.4. The first-order valence-electron chi connectivity index (χ1n) is 8.63. The van der Waals surface area contributed by atoms with Gasteiger partial charge < -0.3 is 9.88 Å². The van der Waals surface area contributed by atoms with Crippen LogP contribution < -0.4 is 5.32 Å². The third-order valence-electron chi connectivity index (χ3n) is 4.39. The predicted molar refractivity (Wildman–Crippen MR) is 117 cm³/mol. The minimum absolute atomic E-state index is 0.0588. The van der Waals surface area contributed by atoms with E-state index in [0.29, 0.717) is 26.4 Å². The summed E-state index contributed by atoms with van der Waals surface area (Å²) in [7, 11) is 0. The predicted octanol–water partition coefficient (Wildman–Crippen LogP) is 6.19. The van der Waals surface area contributed by atoms with Crippen molar-refractivity contribution in [1.82, 2.24) is 4.57 Å². The number of carbonyl (C=O) groups excluding carboxylic acids is 1. The highest BCUT2D eigenvalue weighted by Crippen LogP contribution is 2.26. The molecule has 2 aromatic carbocycles. The lowest BCUT2D eigenvalue weighted by atomic mass is 10.1. The number of rotatable bonds is 4. The Balaban J connectivity index is 1.95. The van der Waals surface area contributed by atoms with Gasteiger partial charge >= 0.3 is 0 Å². The lowest BCUT2D eigenvalue weighted by Crippen LogP contribution is -2.13. The van der Waals surface area contributed by atoms with Crippen molar-refractivity contribution < 1.29 is 9.18 Å². The lowest BCUT2D eigenvalue weighted by Gasteiger charge is -2.11. The van der Waals surface area contributed by atoms with Crippen molar-refractivity contribution in [2.24, 2.45) is 0 Å². The number of aromatic nitrogens is 1. The second kappa shape index (κ2) is 8.64. The Kier molecular flexibility index (Phi) is 6.21. The van der Waals surface area contributed by atoms with E-state index in [4.69, 9.17) is 11.6 Å². The zero-order valence-electron chi connectivity index (χ0n) is 15.6. The molecule has 3 aromatic rings. The molecule has 0 spiro atoms. The van der Waals surface area contributed by atoms with Crippen LogP contribution in [0.3, 0.4) is 0 Å². The summed E-state index contributed by atoms with van der Waals surface area (Å²) in [5.41, 5.74) is 3.03. The Morgan fingerprint density at radius 2 is 1.90 bits per heavy atom. The van der Waals surface area contributed by atoms with Crippen LogP contribution >= 0.6 is 27.5 Å². The summed E-state index contributed by atoms with van der Waals surface area (Å²) in [5, 5.41) is 12.7. The van der Waals surface area contributed by atoms with Gasteiger partial charge in [-0.15, -0.1) is 0 Å². The van der Waals surface area contributed by atoms with E-state index in [-0.39, 0.29) is 11.4 Å². The standard InChI is InChI=1S/C22H16BrClFN3O/c1-13-9-15(14(2)28(13)21-8-3-17(23)11-20(21)25)10-16(12-26)22(29)27-19-6-4-18(24)5-7-19/h3-11H,1-2H3,(H,27,29)/b16-10-. The molecule has 0 fully saturated rings. The summed E-state index contributed by atoms with van der Waals surface area (Å²) in [6.07, 6.45) is 1.50. The van der Waals surface area contributed by atoms with Crippen molar-refractivity contribution in [1.29, 1.82) is 5.26 Å². The normalized spacial score (nSPS) is 11.2. The fourth-order valence-electron chi connectivity index (χ4n) is 3.00. The van der Waals surface area contributed by atoms with Crippen LogP contribution in [-0.4, -0.2) is 10.5 Å². The number of nitrogens with zero attached hydrogens (tertiary/aromatic N) is 2. The molecule has 146 valence electrons. The third-order valence-corrected chi connectivity index (χ3v) is 5.13. The number of carbonyl (C=O) groups is 1. The van der Waals surface area contributed by atoms with Crippen LogP contribution in [0.15, 0.2) is 58.6 Å². The van der Waals surface area contributed by atoms with Crippen LogP contribution in [0.25, 0.3) is 11.8 Å². The lowest BCUT2D eigenvalue weighted by molar-refractivity contribution is -0.112. The Morgan fingerprint density at radius 3 is 2.52 bits per heavy atom. The average Bonchev–Trinajstić information content (AvgIpc) is 2.95. The fraction of sp³-hybridized carbons (Fsp3) is 0.0909. The maximum Gasteiger partial charge on any atom is 0.266 e. The minimum Gasteiger partial charge on any atom is -0.321 e. The van der Waals surface area contributed by atoms with E-state index in [1.807, 2.05) is 26.0 Å². The van der Waals surface area contributed by atoms with Crippen molar-refractivity contribution in [3.05, 3.63) is 86.4 Å². The minimum atomic E-state index is -0.533. The number of halogens is 3. The Hall–Kier alpha value is -2.88. The number of aryl methyl sites for hydroxylation is 1.